The molecule has 0 radical (unpaired) electrons. The molecule has 1 atom stereocenters. The number of ether oxygens (including phenoxy) is 2. The lowest BCUT2D eigenvalue weighted by Gasteiger charge is -2.38. The van der Waals surface area contributed by atoms with E-state index in [1.165, 1.54) is 6.42 Å². The zero-order valence-electron chi connectivity index (χ0n) is 14.6. The largest absolute Gasteiger partial charge is 0.444 e. The molecule has 5 nitrogen and oxygen atoms in total. The highest BCUT2D eigenvalue weighted by molar-refractivity contribution is 5.68. The topological polar surface area (TPSA) is 50.8 Å². The van der Waals surface area contributed by atoms with Crippen LogP contribution in [0.5, 0.6) is 0 Å². The van der Waals surface area contributed by atoms with E-state index in [4.69, 9.17) is 9.47 Å². The molecule has 0 bridgehead atoms. The molecule has 0 aromatic heterocycles. The molecule has 22 heavy (non-hydrogen) atoms. The van der Waals surface area contributed by atoms with Crippen LogP contribution < -0.4 is 5.32 Å². The van der Waals surface area contributed by atoms with Gasteiger partial charge in [-0.05, 0) is 52.5 Å². The summed E-state index contributed by atoms with van der Waals surface area (Å²) >= 11 is 0. The summed E-state index contributed by atoms with van der Waals surface area (Å²) < 4.78 is 10.7. The molecule has 1 unspecified atom stereocenters. The minimum absolute atomic E-state index is 0.163. The highest BCUT2D eigenvalue weighted by atomic mass is 16.6. The van der Waals surface area contributed by atoms with Crippen LogP contribution in [0, 0.1) is 11.3 Å². The summed E-state index contributed by atoms with van der Waals surface area (Å²) in [5.41, 5.74) is -0.0824. The zero-order valence-corrected chi connectivity index (χ0v) is 14.6. The average Bonchev–Trinajstić information content (AvgIpc) is 2.40. The molecule has 5 heteroatoms. The van der Waals surface area contributed by atoms with Gasteiger partial charge in [0.15, 0.2) is 0 Å². The first kappa shape index (κ1) is 17.5. The quantitative estimate of drug-likeness (QED) is 0.793. The Kier molecular flexibility index (Phi) is 5.72. The third kappa shape index (κ3) is 5.43. The van der Waals surface area contributed by atoms with Gasteiger partial charge in [-0.2, -0.15) is 0 Å². The fourth-order valence-corrected chi connectivity index (χ4v) is 3.04. The molecule has 0 aliphatic carbocycles. The van der Waals surface area contributed by atoms with Crippen LogP contribution in [-0.4, -0.2) is 56.0 Å². The maximum atomic E-state index is 12.1. The third-order valence-electron chi connectivity index (χ3n) is 4.35. The molecule has 2 heterocycles. The van der Waals surface area contributed by atoms with E-state index in [1.807, 2.05) is 25.7 Å². The van der Waals surface area contributed by atoms with E-state index < -0.39 is 5.60 Å². The lowest BCUT2D eigenvalue weighted by Crippen LogP contribution is -2.48. The van der Waals surface area contributed by atoms with Crippen LogP contribution in [0.25, 0.3) is 0 Å². The van der Waals surface area contributed by atoms with Crippen molar-refractivity contribution in [2.75, 3.05) is 39.4 Å². The monoisotopic (exact) mass is 312 g/mol. The van der Waals surface area contributed by atoms with Gasteiger partial charge < -0.3 is 19.7 Å². The summed E-state index contributed by atoms with van der Waals surface area (Å²) in [6.45, 7) is 13.5. The maximum absolute atomic E-state index is 12.1. The van der Waals surface area contributed by atoms with Crippen LogP contribution in [0.4, 0.5) is 4.79 Å². The molecule has 2 aliphatic rings. The number of hydrogen-bond donors (Lipinski definition) is 1. The first-order chi connectivity index (χ1) is 10.3. The van der Waals surface area contributed by atoms with E-state index in [2.05, 4.69) is 12.2 Å². The van der Waals surface area contributed by atoms with Gasteiger partial charge in [-0.3, -0.25) is 0 Å². The van der Waals surface area contributed by atoms with Gasteiger partial charge in [-0.1, -0.05) is 6.92 Å². The standard InChI is InChI=1S/C17H32N2O3/c1-16(2,3)22-15(20)19-9-5-6-14(10-19)7-8-18-11-17(4)12-21-13-17/h14,18H,5-13H2,1-4H3. The van der Waals surface area contributed by atoms with Crippen molar-refractivity contribution in [1.82, 2.24) is 10.2 Å². The number of nitrogens with zero attached hydrogens (tertiary/aromatic N) is 1. The molecular formula is C17H32N2O3. The molecular weight excluding hydrogens is 280 g/mol. The van der Waals surface area contributed by atoms with Crippen LogP contribution in [0.15, 0.2) is 0 Å². The Morgan fingerprint density at radius 3 is 2.73 bits per heavy atom. The van der Waals surface area contributed by atoms with Crippen molar-refractivity contribution in [3.05, 3.63) is 0 Å². The van der Waals surface area contributed by atoms with Gasteiger partial charge in [0.2, 0.25) is 0 Å². The fraction of sp³-hybridized carbons (Fsp3) is 0.941. The second kappa shape index (κ2) is 7.18. The molecule has 2 rings (SSSR count). The number of carbonyl (C=O) groups is 1. The Balaban J connectivity index is 1.66. The molecule has 1 N–H and O–H groups in total. The molecule has 1 amide bonds. The lowest BCUT2D eigenvalue weighted by atomic mass is 9.88. The minimum atomic E-state index is -0.411. The normalized spacial score (nSPS) is 24.7. The van der Waals surface area contributed by atoms with Crippen molar-refractivity contribution < 1.29 is 14.3 Å². The number of likely N-dealkylation sites (tertiary alicyclic amines) is 1. The SMILES string of the molecule is CC1(CNCCC2CCCN(C(=O)OC(C)(C)C)C2)COC1. The number of rotatable bonds is 5. The van der Waals surface area contributed by atoms with Gasteiger partial charge >= 0.3 is 6.09 Å². The first-order valence-electron chi connectivity index (χ1n) is 8.54. The van der Waals surface area contributed by atoms with E-state index in [0.717, 1.165) is 52.2 Å². The number of amides is 1. The van der Waals surface area contributed by atoms with Crippen LogP contribution >= 0.6 is 0 Å². The summed E-state index contributed by atoms with van der Waals surface area (Å²) in [5, 5.41) is 3.54. The van der Waals surface area contributed by atoms with Gasteiger partial charge in [-0.25, -0.2) is 4.79 Å². The highest BCUT2D eigenvalue weighted by Crippen LogP contribution is 2.25. The Morgan fingerprint density at radius 2 is 2.14 bits per heavy atom. The first-order valence-corrected chi connectivity index (χ1v) is 8.54. The number of nitrogens with one attached hydrogen (secondary N) is 1. The van der Waals surface area contributed by atoms with Crippen molar-refractivity contribution in [3.8, 4) is 0 Å². The summed E-state index contributed by atoms with van der Waals surface area (Å²) in [5.74, 6) is 0.583. The van der Waals surface area contributed by atoms with E-state index in [9.17, 15) is 4.79 Å². The van der Waals surface area contributed by atoms with Crippen LogP contribution in [-0.2, 0) is 9.47 Å². The molecule has 2 aliphatic heterocycles. The predicted molar refractivity (Wildman–Crippen MR) is 86.9 cm³/mol. The van der Waals surface area contributed by atoms with Crippen molar-refractivity contribution >= 4 is 6.09 Å². The number of piperidine rings is 1. The molecule has 0 spiro atoms. The lowest BCUT2D eigenvalue weighted by molar-refractivity contribution is -0.0990. The summed E-state index contributed by atoms with van der Waals surface area (Å²) in [4.78, 5) is 14.0. The second-order valence-corrected chi connectivity index (χ2v) is 8.20. The highest BCUT2D eigenvalue weighted by Gasteiger charge is 2.33. The second-order valence-electron chi connectivity index (χ2n) is 8.20. The average molecular weight is 312 g/mol. The number of hydrogen-bond acceptors (Lipinski definition) is 4. The van der Waals surface area contributed by atoms with Gasteiger partial charge in [0.25, 0.3) is 0 Å². The van der Waals surface area contributed by atoms with E-state index >= 15 is 0 Å². The number of carbonyl (C=O) groups excluding carboxylic acids is 1. The van der Waals surface area contributed by atoms with Crippen molar-refractivity contribution in [3.63, 3.8) is 0 Å². The Labute approximate surface area is 134 Å². The summed E-state index contributed by atoms with van der Waals surface area (Å²) in [6, 6.07) is 0. The molecule has 128 valence electrons. The van der Waals surface area contributed by atoms with E-state index in [1.54, 1.807) is 0 Å². The molecule has 2 fully saturated rings. The predicted octanol–water partition coefficient (Wildman–Crippen LogP) is 2.65. The van der Waals surface area contributed by atoms with Gasteiger partial charge in [0, 0.05) is 25.0 Å². The molecule has 0 aromatic carbocycles. The Morgan fingerprint density at radius 1 is 1.41 bits per heavy atom. The summed E-state index contributed by atoms with van der Waals surface area (Å²) in [7, 11) is 0. The van der Waals surface area contributed by atoms with E-state index in [0.29, 0.717) is 11.3 Å². The van der Waals surface area contributed by atoms with Crippen LogP contribution in [0.2, 0.25) is 0 Å². The zero-order chi connectivity index (χ0) is 16.2. The maximum Gasteiger partial charge on any atom is 0.410 e. The van der Waals surface area contributed by atoms with Gasteiger partial charge in [0.05, 0.1) is 13.2 Å². The minimum Gasteiger partial charge on any atom is -0.444 e. The third-order valence-corrected chi connectivity index (χ3v) is 4.35. The van der Waals surface area contributed by atoms with Gasteiger partial charge in [-0.15, -0.1) is 0 Å². The van der Waals surface area contributed by atoms with Gasteiger partial charge in [0.1, 0.15) is 5.60 Å². The Hall–Kier alpha value is -0.810. The van der Waals surface area contributed by atoms with Crippen LogP contribution in [0.1, 0.15) is 47.0 Å². The Bertz CT molecular complexity index is 375. The molecule has 0 aromatic rings. The van der Waals surface area contributed by atoms with Crippen molar-refractivity contribution in [1.29, 1.82) is 0 Å². The van der Waals surface area contributed by atoms with Crippen molar-refractivity contribution in [2.24, 2.45) is 11.3 Å². The molecule has 2 saturated heterocycles. The smallest absolute Gasteiger partial charge is 0.410 e. The fourth-order valence-electron chi connectivity index (χ4n) is 3.04. The van der Waals surface area contributed by atoms with E-state index in [-0.39, 0.29) is 6.09 Å². The van der Waals surface area contributed by atoms with Crippen molar-refractivity contribution in [2.45, 2.75) is 52.6 Å². The summed E-state index contributed by atoms with van der Waals surface area (Å²) in [6.07, 6.45) is 3.25. The van der Waals surface area contributed by atoms with Crippen LogP contribution in [0.3, 0.4) is 0 Å². The molecule has 0 saturated carbocycles.